The molecule has 2 amide bonds. The van der Waals surface area contributed by atoms with Gasteiger partial charge in [0.2, 0.25) is 12.2 Å². The maximum Gasteiger partial charge on any atom is 0.407 e. The van der Waals surface area contributed by atoms with E-state index in [4.69, 9.17) is 16.9 Å². The third kappa shape index (κ3) is 5.83. The molecule has 160 valence electrons. The van der Waals surface area contributed by atoms with Crippen LogP contribution in [0.15, 0.2) is 53.8 Å². The molecule has 31 heavy (non-hydrogen) atoms. The van der Waals surface area contributed by atoms with Crippen molar-refractivity contribution >= 4 is 35.2 Å². The standard InChI is InChI=1S/C20H20ClN7O3/c21-14-7-5-13(6-8-14)18(29)26-17(16-4-2-10-28(16)20(30)31)27-19(24-12-22)25-15-3-1-9-23-11-15/h1,3,5-9,11,16-17H,2,4,10H2,(H,26,29)(H,30,31)(H2,24,25,27)/t16-,17?/m1/s1. The molecule has 0 radical (unpaired) electrons. The van der Waals surface area contributed by atoms with Crippen LogP contribution in [-0.2, 0) is 0 Å². The van der Waals surface area contributed by atoms with Gasteiger partial charge in [-0.05, 0) is 49.2 Å². The van der Waals surface area contributed by atoms with Gasteiger partial charge >= 0.3 is 6.09 Å². The Balaban J connectivity index is 1.84. The molecule has 1 aliphatic heterocycles. The number of rotatable bonds is 5. The van der Waals surface area contributed by atoms with Gasteiger partial charge in [0.05, 0.1) is 17.9 Å². The Bertz CT molecular complexity index is 992. The van der Waals surface area contributed by atoms with E-state index in [1.165, 1.54) is 11.1 Å². The van der Waals surface area contributed by atoms with Gasteiger partial charge in [-0.3, -0.25) is 9.78 Å². The van der Waals surface area contributed by atoms with E-state index >= 15 is 0 Å². The van der Waals surface area contributed by atoms with E-state index in [0.29, 0.717) is 35.7 Å². The number of nitrogens with zero attached hydrogens (tertiary/aromatic N) is 4. The molecule has 1 aromatic carbocycles. The molecule has 2 heterocycles. The molecule has 0 bridgehead atoms. The average molecular weight is 442 g/mol. The van der Waals surface area contributed by atoms with E-state index in [1.807, 2.05) is 0 Å². The molecule has 1 unspecified atom stereocenters. The highest BCUT2D eigenvalue weighted by Gasteiger charge is 2.36. The first-order valence-corrected chi connectivity index (χ1v) is 9.82. The number of nitriles is 1. The van der Waals surface area contributed by atoms with Crippen molar-refractivity contribution in [2.75, 3.05) is 11.9 Å². The van der Waals surface area contributed by atoms with Gasteiger partial charge in [0.1, 0.15) is 6.17 Å². The minimum absolute atomic E-state index is 0.0501. The summed E-state index contributed by atoms with van der Waals surface area (Å²) in [6, 6.07) is 9.17. The molecular formula is C20H20ClN7O3. The van der Waals surface area contributed by atoms with Crippen LogP contribution in [0.2, 0.25) is 5.02 Å². The Hall–Kier alpha value is -3.84. The Morgan fingerprint density at radius 3 is 2.71 bits per heavy atom. The molecule has 1 aromatic heterocycles. The zero-order chi connectivity index (χ0) is 22.2. The van der Waals surface area contributed by atoms with E-state index < -0.39 is 24.2 Å². The lowest BCUT2D eigenvalue weighted by Gasteiger charge is -2.32. The summed E-state index contributed by atoms with van der Waals surface area (Å²) in [5, 5.41) is 27.8. The number of aliphatic imine (C=N–C) groups is 1. The van der Waals surface area contributed by atoms with Gasteiger partial charge < -0.3 is 26.0 Å². The number of carbonyl (C=O) groups excluding carboxylic acids is 1. The smallest absolute Gasteiger partial charge is 0.407 e. The molecule has 0 aliphatic carbocycles. The van der Waals surface area contributed by atoms with Crippen LogP contribution in [-0.4, -0.2) is 51.7 Å². The molecule has 1 aliphatic rings. The summed E-state index contributed by atoms with van der Waals surface area (Å²) in [6.07, 6.45) is 4.06. The Morgan fingerprint density at radius 1 is 1.29 bits per heavy atom. The Labute approximate surface area is 183 Å². The van der Waals surface area contributed by atoms with Crippen molar-refractivity contribution < 1.29 is 14.7 Å². The molecule has 4 N–H and O–H groups in total. The second-order valence-electron chi connectivity index (χ2n) is 6.72. The second-order valence-corrected chi connectivity index (χ2v) is 7.15. The van der Waals surface area contributed by atoms with Gasteiger partial charge in [0.25, 0.3) is 5.91 Å². The number of nitrogens with one attached hydrogen (secondary N) is 3. The fourth-order valence-corrected chi connectivity index (χ4v) is 3.42. The van der Waals surface area contributed by atoms with E-state index in [1.54, 1.807) is 48.8 Å². The largest absolute Gasteiger partial charge is 0.465 e. The maximum atomic E-state index is 12.8. The van der Waals surface area contributed by atoms with E-state index in [9.17, 15) is 14.7 Å². The van der Waals surface area contributed by atoms with Crippen molar-refractivity contribution in [1.82, 2.24) is 20.5 Å². The normalized spacial score (nSPS) is 16.8. The zero-order valence-corrected chi connectivity index (χ0v) is 17.1. The van der Waals surface area contributed by atoms with Gasteiger partial charge in [-0.2, -0.15) is 5.26 Å². The summed E-state index contributed by atoms with van der Waals surface area (Å²) >= 11 is 5.88. The topological polar surface area (TPSA) is 143 Å². The molecule has 1 saturated heterocycles. The van der Waals surface area contributed by atoms with Crippen LogP contribution in [0.3, 0.4) is 0 Å². The maximum absolute atomic E-state index is 12.8. The molecule has 0 spiro atoms. The number of pyridine rings is 1. The zero-order valence-electron chi connectivity index (χ0n) is 16.3. The monoisotopic (exact) mass is 441 g/mol. The van der Waals surface area contributed by atoms with Crippen molar-refractivity contribution in [3.63, 3.8) is 0 Å². The first kappa shape index (κ1) is 21.9. The van der Waals surface area contributed by atoms with E-state index in [2.05, 4.69) is 25.9 Å². The fourth-order valence-electron chi connectivity index (χ4n) is 3.30. The number of guanidine groups is 1. The number of carbonyl (C=O) groups is 2. The number of halogens is 1. The summed E-state index contributed by atoms with van der Waals surface area (Å²) in [6.45, 7) is 0.343. The number of amides is 2. The lowest BCUT2D eigenvalue weighted by molar-refractivity contribution is 0.0885. The number of anilines is 1. The van der Waals surface area contributed by atoms with Gasteiger partial charge in [-0.1, -0.05) is 11.6 Å². The Kier molecular flexibility index (Phi) is 7.24. The predicted molar refractivity (Wildman–Crippen MR) is 115 cm³/mol. The van der Waals surface area contributed by atoms with Crippen LogP contribution in [0.4, 0.5) is 10.5 Å². The molecule has 1 fully saturated rings. The van der Waals surface area contributed by atoms with Gasteiger partial charge in [0, 0.05) is 23.3 Å². The SMILES string of the molecule is N#CN=C(Nc1cccnc1)NC(NC(=O)c1ccc(Cl)cc1)[C@H]1CCCN1C(=O)O. The molecule has 10 nitrogen and oxygen atoms in total. The van der Waals surface area contributed by atoms with Crippen molar-refractivity contribution in [3.8, 4) is 6.19 Å². The van der Waals surface area contributed by atoms with Crippen LogP contribution >= 0.6 is 11.6 Å². The summed E-state index contributed by atoms with van der Waals surface area (Å²) in [4.78, 5) is 33.5. The quantitative estimate of drug-likeness (QED) is 0.241. The highest BCUT2D eigenvalue weighted by Crippen LogP contribution is 2.20. The highest BCUT2D eigenvalue weighted by molar-refractivity contribution is 6.30. The van der Waals surface area contributed by atoms with Gasteiger partial charge in [0.15, 0.2) is 0 Å². The lowest BCUT2D eigenvalue weighted by atomic mass is 10.1. The van der Waals surface area contributed by atoms with Crippen LogP contribution in [0.1, 0.15) is 23.2 Å². The molecule has 2 atom stereocenters. The first-order valence-electron chi connectivity index (χ1n) is 9.44. The summed E-state index contributed by atoms with van der Waals surface area (Å²) in [5.74, 6) is -0.377. The lowest BCUT2D eigenvalue weighted by Crippen LogP contribution is -2.60. The Morgan fingerprint density at radius 2 is 2.06 bits per heavy atom. The van der Waals surface area contributed by atoms with Crippen LogP contribution in [0.5, 0.6) is 0 Å². The number of benzene rings is 1. The average Bonchev–Trinajstić information content (AvgIpc) is 3.25. The minimum atomic E-state index is -1.09. The number of likely N-dealkylation sites (tertiary alicyclic amines) is 1. The van der Waals surface area contributed by atoms with E-state index in [-0.39, 0.29) is 5.96 Å². The first-order chi connectivity index (χ1) is 15.0. The highest BCUT2D eigenvalue weighted by atomic mass is 35.5. The third-order valence-electron chi connectivity index (χ3n) is 4.70. The molecule has 11 heteroatoms. The molecular weight excluding hydrogens is 422 g/mol. The number of aromatic nitrogens is 1. The fraction of sp³-hybridized carbons (Fsp3) is 0.250. The summed E-state index contributed by atoms with van der Waals surface area (Å²) in [7, 11) is 0. The van der Waals surface area contributed by atoms with Crippen molar-refractivity contribution in [2.45, 2.75) is 25.0 Å². The van der Waals surface area contributed by atoms with Crippen molar-refractivity contribution in [2.24, 2.45) is 4.99 Å². The predicted octanol–water partition coefficient (Wildman–Crippen LogP) is 2.47. The van der Waals surface area contributed by atoms with Crippen LogP contribution in [0, 0.1) is 11.5 Å². The molecule has 3 rings (SSSR count). The molecule has 0 saturated carbocycles. The third-order valence-corrected chi connectivity index (χ3v) is 4.95. The van der Waals surface area contributed by atoms with Gasteiger partial charge in [-0.15, -0.1) is 4.99 Å². The van der Waals surface area contributed by atoms with Crippen molar-refractivity contribution in [3.05, 3.63) is 59.4 Å². The second kappa shape index (κ2) is 10.3. The van der Waals surface area contributed by atoms with Crippen LogP contribution < -0.4 is 16.0 Å². The van der Waals surface area contributed by atoms with Gasteiger partial charge in [-0.25, -0.2) is 4.79 Å². The summed E-state index contributed by atoms with van der Waals surface area (Å²) < 4.78 is 0. The number of carboxylic acid groups (broad SMARTS) is 1. The minimum Gasteiger partial charge on any atom is -0.465 e. The number of hydrogen-bond donors (Lipinski definition) is 4. The number of hydrogen-bond acceptors (Lipinski definition) is 5. The van der Waals surface area contributed by atoms with Crippen molar-refractivity contribution in [1.29, 1.82) is 5.26 Å². The van der Waals surface area contributed by atoms with Crippen LogP contribution in [0.25, 0.3) is 0 Å². The summed E-state index contributed by atoms with van der Waals surface area (Å²) in [5.41, 5.74) is 0.920. The molecule has 2 aromatic rings. The van der Waals surface area contributed by atoms with E-state index in [0.717, 1.165) is 0 Å².